The van der Waals surface area contributed by atoms with E-state index in [0.717, 1.165) is 16.7 Å². The average Bonchev–Trinajstić information content (AvgIpc) is 2.40. The molecule has 0 aromatic heterocycles. The molecule has 0 saturated carbocycles. The van der Waals surface area contributed by atoms with E-state index in [1.165, 1.54) is 0 Å². The second-order valence-corrected chi connectivity index (χ2v) is 5.50. The summed E-state index contributed by atoms with van der Waals surface area (Å²) in [6.07, 6.45) is 3.93. The number of hydrogen-bond acceptors (Lipinski definition) is 3. The molecule has 0 bridgehead atoms. The summed E-state index contributed by atoms with van der Waals surface area (Å²) in [6.45, 7) is 3.89. The fraction of sp³-hybridized carbons (Fsp3) is 0.176. The normalized spacial score (nSPS) is 15.5. The van der Waals surface area contributed by atoms with Gasteiger partial charge in [0.25, 0.3) is 0 Å². The maximum atomic E-state index is 10.2. The minimum atomic E-state index is -0.412. The van der Waals surface area contributed by atoms with E-state index >= 15 is 0 Å². The Labute approximate surface area is 117 Å². The number of benzene rings is 2. The van der Waals surface area contributed by atoms with Crippen molar-refractivity contribution in [3.05, 3.63) is 48.0 Å². The minimum absolute atomic E-state index is 0.128. The van der Waals surface area contributed by atoms with E-state index in [0.29, 0.717) is 5.75 Å². The van der Waals surface area contributed by atoms with E-state index < -0.39 is 5.60 Å². The van der Waals surface area contributed by atoms with Crippen molar-refractivity contribution in [1.82, 2.24) is 0 Å². The van der Waals surface area contributed by atoms with Crippen LogP contribution in [0.2, 0.25) is 0 Å². The fourth-order valence-electron chi connectivity index (χ4n) is 2.28. The van der Waals surface area contributed by atoms with E-state index in [1.54, 1.807) is 18.2 Å². The van der Waals surface area contributed by atoms with Crippen LogP contribution in [0.4, 0.5) is 0 Å². The van der Waals surface area contributed by atoms with Gasteiger partial charge in [0.05, 0.1) is 0 Å². The SMILES string of the molecule is CC1(C)C=Cc2cc(-c3ccc(O)cc3)cc(O)c2O1. The summed E-state index contributed by atoms with van der Waals surface area (Å²) in [5.74, 6) is 0.865. The molecule has 1 heterocycles. The first-order valence-corrected chi connectivity index (χ1v) is 6.49. The summed E-state index contributed by atoms with van der Waals surface area (Å²) in [7, 11) is 0. The molecule has 3 rings (SSSR count). The highest BCUT2D eigenvalue weighted by molar-refractivity contribution is 5.75. The first-order valence-electron chi connectivity index (χ1n) is 6.49. The second kappa shape index (κ2) is 4.30. The second-order valence-electron chi connectivity index (χ2n) is 5.50. The maximum Gasteiger partial charge on any atom is 0.169 e. The van der Waals surface area contributed by atoms with Crippen molar-refractivity contribution in [1.29, 1.82) is 0 Å². The van der Waals surface area contributed by atoms with Crippen LogP contribution >= 0.6 is 0 Å². The van der Waals surface area contributed by atoms with Gasteiger partial charge >= 0.3 is 0 Å². The van der Waals surface area contributed by atoms with E-state index in [4.69, 9.17) is 4.74 Å². The zero-order valence-electron chi connectivity index (χ0n) is 11.4. The number of phenolic OH excluding ortho intramolecular Hbond substituents is 2. The van der Waals surface area contributed by atoms with Crippen LogP contribution in [0.25, 0.3) is 17.2 Å². The first-order chi connectivity index (χ1) is 9.44. The van der Waals surface area contributed by atoms with Gasteiger partial charge in [0.15, 0.2) is 11.5 Å². The molecule has 3 heteroatoms. The van der Waals surface area contributed by atoms with Gasteiger partial charge in [-0.15, -0.1) is 0 Å². The summed E-state index contributed by atoms with van der Waals surface area (Å²) in [5.41, 5.74) is 2.26. The van der Waals surface area contributed by atoms with Gasteiger partial charge in [0.2, 0.25) is 0 Å². The van der Waals surface area contributed by atoms with E-state index in [9.17, 15) is 10.2 Å². The Bertz CT molecular complexity index is 682. The number of ether oxygens (including phenoxy) is 1. The zero-order valence-corrected chi connectivity index (χ0v) is 11.4. The Hall–Kier alpha value is -2.42. The van der Waals surface area contributed by atoms with Crippen molar-refractivity contribution < 1.29 is 14.9 Å². The topological polar surface area (TPSA) is 49.7 Å². The molecule has 3 nitrogen and oxygen atoms in total. The predicted molar refractivity (Wildman–Crippen MR) is 78.9 cm³/mol. The molecule has 2 aromatic carbocycles. The van der Waals surface area contributed by atoms with Crippen LogP contribution in [-0.4, -0.2) is 15.8 Å². The van der Waals surface area contributed by atoms with Crippen LogP contribution in [0.5, 0.6) is 17.2 Å². The quantitative estimate of drug-likeness (QED) is 0.823. The molecule has 2 N–H and O–H groups in total. The zero-order chi connectivity index (χ0) is 14.3. The summed E-state index contributed by atoms with van der Waals surface area (Å²) in [5, 5.41) is 19.5. The molecule has 0 amide bonds. The molecule has 0 radical (unpaired) electrons. The number of hydrogen-bond donors (Lipinski definition) is 2. The van der Waals surface area contributed by atoms with Gasteiger partial charge < -0.3 is 14.9 Å². The number of phenols is 2. The monoisotopic (exact) mass is 268 g/mol. The summed E-state index contributed by atoms with van der Waals surface area (Å²) < 4.78 is 5.78. The molecule has 102 valence electrons. The Kier molecular flexibility index (Phi) is 2.71. The lowest BCUT2D eigenvalue weighted by atomic mass is 9.97. The van der Waals surface area contributed by atoms with E-state index in [-0.39, 0.29) is 11.5 Å². The standard InChI is InChI=1S/C17H16O3/c1-17(2)8-7-12-9-13(10-15(19)16(12)20-17)11-3-5-14(18)6-4-11/h3-10,18-19H,1-2H3. The van der Waals surface area contributed by atoms with Crippen molar-refractivity contribution in [3.63, 3.8) is 0 Å². The van der Waals surface area contributed by atoms with Crippen molar-refractivity contribution in [2.45, 2.75) is 19.4 Å². The fourth-order valence-corrected chi connectivity index (χ4v) is 2.28. The molecule has 0 unspecified atom stereocenters. The van der Waals surface area contributed by atoms with Gasteiger partial charge in [-0.2, -0.15) is 0 Å². The molecular formula is C17H16O3. The number of rotatable bonds is 1. The summed E-state index contributed by atoms with van der Waals surface area (Å²) >= 11 is 0. The van der Waals surface area contributed by atoms with Crippen molar-refractivity contribution >= 4 is 6.08 Å². The van der Waals surface area contributed by atoms with E-state index in [2.05, 4.69) is 0 Å². The van der Waals surface area contributed by atoms with Gasteiger partial charge in [-0.05, 0) is 55.3 Å². The van der Waals surface area contributed by atoms with Crippen molar-refractivity contribution in [2.24, 2.45) is 0 Å². The van der Waals surface area contributed by atoms with Crippen molar-refractivity contribution in [3.8, 4) is 28.4 Å². The third-order valence-electron chi connectivity index (χ3n) is 3.33. The van der Waals surface area contributed by atoms with E-state index in [1.807, 2.05) is 44.2 Å². The van der Waals surface area contributed by atoms with Crippen LogP contribution in [0.1, 0.15) is 19.4 Å². The molecule has 0 atom stereocenters. The third-order valence-corrected chi connectivity index (χ3v) is 3.33. The lowest BCUT2D eigenvalue weighted by Gasteiger charge is -2.28. The Morgan fingerprint density at radius 1 is 0.950 bits per heavy atom. The smallest absolute Gasteiger partial charge is 0.169 e. The van der Waals surface area contributed by atoms with Crippen LogP contribution < -0.4 is 4.74 Å². The molecular weight excluding hydrogens is 252 g/mol. The highest BCUT2D eigenvalue weighted by Gasteiger charge is 2.24. The maximum absolute atomic E-state index is 10.2. The predicted octanol–water partition coefficient (Wildman–Crippen LogP) is 3.95. The van der Waals surface area contributed by atoms with Crippen LogP contribution in [0.15, 0.2) is 42.5 Å². The molecule has 2 aromatic rings. The average molecular weight is 268 g/mol. The van der Waals surface area contributed by atoms with Gasteiger partial charge in [0, 0.05) is 5.56 Å². The highest BCUT2D eigenvalue weighted by Crippen LogP contribution is 2.41. The Morgan fingerprint density at radius 2 is 1.65 bits per heavy atom. The third kappa shape index (κ3) is 2.23. The molecule has 1 aliphatic heterocycles. The molecule has 20 heavy (non-hydrogen) atoms. The summed E-state index contributed by atoms with van der Waals surface area (Å²) in [6, 6.07) is 10.5. The summed E-state index contributed by atoms with van der Waals surface area (Å²) in [4.78, 5) is 0. The first kappa shape index (κ1) is 12.6. The van der Waals surface area contributed by atoms with Crippen LogP contribution in [0.3, 0.4) is 0 Å². The van der Waals surface area contributed by atoms with Gasteiger partial charge in [-0.25, -0.2) is 0 Å². The van der Waals surface area contributed by atoms with Gasteiger partial charge in [-0.3, -0.25) is 0 Å². The Balaban J connectivity index is 2.09. The molecule has 1 aliphatic rings. The highest BCUT2D eigenvalue weighted by atomic mass is 16.5. The molecule has 0 spiro atoms. The largest absolute Gasteiger partial charge is 0.508 e. The van der Waals surface area contributed by atoms with Crippen LogP contribution in [-0.2, 0) is 0 Å². The van der Waals surface area contributed by atoms with Crippen LogP contribution in [0, 0.1) is 0 Å². The molecule has 0 saturated heterocycles. The Morgan fingerprint density at radius 3 is 2.35 bits per heavy atom. The number of fused-ring (bicyclic) bond motifs is 1. The lowest BCUT2D eigenvalue weighted by molar-refractivity contribution is 0.153. The molecule has 0 aliphatic carbocycles. The lowest BCUT2D eigenvalue weighted by Crippen LogP contribution is -2.27. The van der Waals surface area contributed by atoms with Gasteiger partial charge in [-0.1, -0.05) is 18.2 Å². The minimum Gasteiger partial charge on any atom is -0.508 e. The number of aromatic hydroxyl groups is 2. The molecule has 0 fully saturated rings. The van der Waals surface area contributed by atoms with Crippen molar-refractivity contribution in [2.75, 3.05) is 0 Å². The van der Waals surface area contributed by atoms with Gasteiger partial charge in [0.1, 0.15) is 11.4 Å².